The van der Waals surface area contributed by atoms with Crippen LogP contribution >= 0.6 is 0 Å². The van der Waals surface area contributed by atoms with Gasteiger partial charge in [-0.1, -0.05) is 43.7 Å². The summed E-state index contributed by atoms with van der Waals surface area (Å²) in [5.41, 5.74) is 5.86. The standard InChI is InChI=1S/C22H23N3/c1-2-3-13-25-21-12-8-7-11-19(21)20(18(15-23)16-24)14-22(25)17-9-5-4-6-10-17/h4-6,9-10,14H,2-3,7-8,11-13H2,1H3. The van der Waals surface area contributed by atoms with E-state index in [1.54, 1.807) is 0 Å². The maximum Gasteiger partial charge on any atom is 0.137 e. The molecule has 1 aliphatic heterocycles. The highest BCUT2D eigenvalue weighted by Crippen LogP contribution is 2.42. The van der Waals surface area contributed by atoms with Crippen molar-refractivity contribution in [1.82, 2.24) is 4.90 Å². The second-order valence-corrected chi connectivity index (χ2v) is 6.55. The number of hydrogen-bond donors (Lipinski definition) is 0. The number of benzene rings is 1. The van der Waals surface area contributed by atoms with Crippen LogP contribution in [0, 0.1) is 22.7 Å². The summed E-state index contributed by atoms with van der Waals surface area (Å²) >= 11 is 0. The van der Waals surface area contributed by atoms with Crippen LogP contribution in [0.2, 0.25) is 0 Å². The lowest BCUT2D eigenvalue weighted by Gasteiger charge is -2.38. The van der Waals surface area contributed by atoms with Crippen molar-refractivity contribution in [2.45, 2.75) is 45.4 Å². The van der Waals surface area contributed by atoms with Crippen LogP contribution < -0.4 is 0 Å². The molecule has 0 unspecified atom stereocenters. The van der Waals surface area contributed by atoms with Crippen molar-refractivity contribution >= 4 is 5.70 Å². The molecule has 126 valence electrons. The summed E-state index contributed by atoms with van der Waals surface area (Å²) in [7, 11) is 0. The molecule has 0 saturated heterocycles. The average molecular weight is 329 g/mol. The first-order valence-corrected chi connectivity index (χ1v) is 9.11. The predicted octanol–water partition coefficient (Wildman–Crippen LogP) is 5.32. The van der Waals surface area contributed by atoms with Gasteiger partial charge in [0.05, 0.1) is 0 Å². The summed E-state index contributed by atoms with van der Waals surface area (Å²) in [5.74, 6) is 0. The van der Waals surface area contributed by atoms with Gasteiger partial charge in [0.15, 0.2) is 0 Å². The van der Waals surface area contributed by atoms with Crippen LogP contribution in [0.1, 0.15) is 51.0 Å². The molecule has 0 fully saturated rings. The van der Waals surface area contributed by atoms with Crippen LogP contribution in [0.15, 0.2) is 58.8 Å². The Kier molecular flexibility index (Phi) is 5.36. The highest BCUT2D eigenvalue weighted by atomic mass is 15.2. The molecule has 0 spiro atoms. The topological polar surface area (TPSA) is 50.8 Å². The van der Waals surface area contributed by atoms with Crippen molar-refractivity contribution in [3.63, 3.8) is 0 Å². The molecule has 0 N–H and O–H groups in total. The maximum absolute atomic E-state index is 9.44. The van der Waals surface area contributed by atoms with Crippen molar-refractivity contribution < 1.29 is 0 Å². The van der Waals surface area contributed by atoms with E-state index in [0.717, 1.165) is 55.5 Å². The fourth-order valence-corrected chi connectivity index (χ4v) is 3.71. The van der Waals surface area contributed by atoms with Gasteiger partial charge < -0.3 is 4.90 Å². The average Bonchev–Trinajstić information content (AvgIpc) is 2.68. The Morgan fingerprint density at radius 3 is 2.48 bits per heavy atom. The van der Waals surface area contributed by atoms with Gasteiger partial charge in [0, 0.05) is 23.5 Å². The Labute approximate surface area is 150 Å². The fraction of sp³-hybridized carbons (Fsp3) is 0.364. The lowest BCUT2D eigenvalue weighted by molar-refractivity contribution is 0.422. The molecule has 0 amide bonds. The van der Waals surface area contributed by atoms with Crippen LogP contribution in [-0.4, -0.2) is 11.4 Å². The number of hydrogen-bond acceptors (Lipinski definition) is 3. The first-order valence-electron chi connectivity index (χ1n) is 9.11. The van der Waals surface area contributed by atoms with Gasteiger partial charge in [-0.05, 0) is 49.3 Å². The SMILES string of the molecule is CCCCN1C(c2ccccc2)=CC(=C(C#N)C#N)C2=C1CCCC2. The Morgan fingerprint density at radius 2 is 1.80 bits per heavy atom. The molecule has 0 atom stereocenters. The molecule has 0 aromatic heterocycles. The third-order valence-electron chi connectivity index (χ3n) is 4.96. The third kappa shape index (κ3) is 3.37. The summed E-state index contributed by atoms with van der Waals surface area (Å²) in [4.78, 5) is 2.43. The van der Waals surface area contributed by atoms with Crippen molar-refractivity contribution in [1.29, 1.82) is 10.5 Å². The molecule has 1 aromatic carbocycles. The second-order valence-electron chi connectivity index (χ2n) is 6.55. The van der Waals surface area contributed by atoms with E-state index in [-0.39, 0.29) is 5.57 Å². The zero-order valence-corrected chi connectivity index (χ0v) is 14.8. The first kappa shape index (κ1) is 17.1. The second kappa shape index (κ2) is 7.86. The number of allylic oxidation sites excluding steroid dienone is 5. The van der Waals surface area contributed by atoms with Crippen LogP contribution in [0.3, 0.4) is 0 Å². The molecule has 3 nitrogen and oxygen atoms in total. The monoisotopic (exact) mass is 329 g/mol. The number of rotatable bonds is 4. The quantitative estimate of drug-likeness (QED) is 0.703. The molecule has 1 aliphatic carbocycles. The van der Waals surface area contributed by atoms with Gasteiger partial charge in [-0.2, -0.15) is 10.5 Å². The number of nitriles is 2. The Balaban J connectivity index is 2.18. The zero-order valence-electron chi connectivity index (χ0n) is 14.8. The summed E-state index contributed by atoms with van der Waals surface area (Å²) in [6.45, 7) is 3.19. The van der Waals surface area contributed by atoms with E-state index in [2.05, 4.69) is 42.2 Å². The fourth-order valence-electron chi connectivity index (χ4n) is 3.71. The summed E-state index contributed by atoms with van der Waals surface area (Å²) in [6.07, 6.45) is 8.62. The molecule has 0 saturated carbocycles. The van der Waals surface area contributed by atoms with E-state index in [1.165, 1.54) is 17.7 Å². The zero-order chi connectivity index (χ0) is 17.6. The Hall–Kier alpha value is -2.78. The highest BCUT2D eigenvalue weighted by molar-refractivity contribution is 5.75. The molecule has 3 rings (SSSR count). The minimum Gasteiger partial charge on any atom is -0.344 e. The van der Waals surface area contributed by atoms with Gasteiger partial charge in [-0.15, -0.1) is 0 Å². The van der Waals surface area contributed by atoms with Gasteiger partial charge in [-0.25, -0.2) is 0 Å². The van der Waals surface area contributed by atoms with Crippen molar-refractivity contribution in [2.24, 2.45) is 0 Å². The predicted molar refractivity (Wildman–Crippen MR) is 99.8 cm³/mol. The maximum atomic E-state index is 9.44. The minimum atomic E-state index is 0.234. The molecular formula is C22H23N3. The molecule has 0 radical (unpaired) electrons. The van der Waals surface area contributed by atoms with Crippen LogP contribution in [-0.2, 0) is 0 Å². The van der Waals surface area contributed by atoms with E-state index in [0.29, 0.717) is 0 Å². The summed E-state index contributed by atoms with van der Waals surface area (Å²) in [6, 6.07) is 14.5. The van der Waals surface area contributed by atoms with Gasteiger partial charge in [0.1, 0.15) is 17.7 Å². The van der Waals surface area contributed by atoms with Crippen molar-refractivity contribution in [3.8, 4) is 12.1 Å². The summed E-state index contributed by atoms with van der Waals surface area (Å²) in [5, 5.41) is 18.9. The summed E-state index contributed by atoms with van der Waals surface area (Å²) < 4.78 is 0. The minimum absolute atomic E-state index is 0.234. The third-order valence-corrected chi connectivity index (χ3v) is 4.96. The molecule has 3 heteroatoms. The first-order chi connectivity index (χ1) is 12.3. The van der Waals surface area contributed by atoms with Crippen molar-refractivity contribution in [2.75, 3.05) is 6.54 Å². The lowest BCUT2D eigenvalue weighted by atomic mass is 9.84. The molecule has 1 heterocycles. The van der Waals surface area contributed by atoms with E-state index >= 15 is 0 Å². The number of unbranched alkanes of at least 4 members (excludes halogenated alkanes) is 1. The molecular weight excluding hydrogens is 306 g/mol. The highest BCUT2D eigenvalue weighted by Gasteiger charge is 2.29. The molecule has 2 aliphatic rings. The Morgan fingerprint density at radius 1 is 1.08 bits per heavy atom. The van der Waals surface area contributed by atoms with Crippen LogP contribution in [0.4, 0.5) is 0 Å². The molecule has 25 heavy (non-hydrogen) atoms. The lowest BCUT2D eigenvalue weighted by Crippen LogP contribution is -2.29. The van der Waals surface area contributed by atoms with Crippen LogP contribution in [0.5, 0.6) is 0 Å². The Bertz CT molecular complexity index is 797. The largest absolute Gasteiger partial charge is 0.344 e. The van der Waals surface area contributed by atoms with E-state index in [1.807, 2.05) is 18.2 Å². The van der Waals surface area contributed by atoms with Gasteiger partial charge in [0.2, 0.25) is 0 Å². The smallest absolute Gasteiger partial charge is 0.137 e. The van der Waals surface area contributed by atoms with Gasteiger partial charge in [-0.3, -0.25) is 0 Å². The van der Waals surface area contributed by atoms with Gasteiger partial charge >= 0.3 is 0 Å². The normalized spacial score (nSPS) is 16.7. The van der Waals surface area contributed by atoms with Gasteiger partial charge in [0.25, 0.3) is 0 Å². The van der Waals surface area contributed by atoms with E-state index in [9.17, 15) is 10.5 Å². The van der Waals surface area contributed by atoms with E-state index < -0.39 is 0 Å². The van der Waals surface area contributed by atoms with E-state index in [4.69, 9.17) is 0 Å². The number of nitrogens with zero attached hydrogens (tertiary/aromatic N) is 3. The van der Waals surface area contributed by atoms with Crippen molar-refractivity contribution in [3.05, 3.63) is 64.4 Å². The molecule has 0 bridgehead atoms. The van der Waals surface area contributed by atoms with Crippen LogP contribution in [0.25, 0.3) is 5.70 Å². The molecule has 1 aromatic rings.